The Labute approximate surface area is 183 Å². The molecule has 2 aromatic carbocycles. The van der Waals surface area contributed by atoms with Gasteiger partial charge in [-0.3, -0.25) is 4.79 Å². The Hall–Kier alpha value is -2.73. The highest BCUT2D eigenvalue weighted by molar-refractivity contribution is 5.95. The lowest BCUT2D eigenvalue weighted by Crippen LogP contribution is -2.32. The van der Waals surface area contributed by atoms with Crippen molar-refractivity contribution >= 4 is 5.91 Å². The van der Waals surface area contributed by atoms with E-state index in [9.17, 15) is 4.79 Å². The minimum atomic E-state index is -0.0317. The fraction of sp³-hybridized carbons (Fsp3) is 0.480. The summed E-state index contributed by atoms with van der Waals surface area (Å²) in [4.78, 5) is 15.1. The summed E-state index contributed by atoms with van der Waals surface area (Å²) < 4.78 is 22.7. The van der Waals surface area contributed by atoms with Crippen LogP contribution in [0.3, 0.4) is 0 Å². The van der Waals surface area contributed by atoms with Crippen molar-refractivity contribution in [2.75, 3.05) is 27.1 Å². The van der Waals surface area contributed by atoms with Gasteiger partial charge in [-0.25, -0.2) is 0 Å². The van der Waals surface area contributed by atoms with Crippen LogP contribution < -0.4 is 14.2 Å². The smallest absolute Gasteiger partial charge is 0.254 e. The van der Waals surface area contributed by atoms with Gasteiger partial charge in [-0.05, 0) is 54.7 Å². The zero-order valence-electron chi connectivity index (χ0n) is 18.0. The van der Waals surface area contributed by atoms with Gasteiger partial charge in [-0.1, -0.05) is 25.3 Å². The summed E-state index contributed by atoms with van der Waals surface area (Å²) in [6.45, 7) is 1.71. The number of hydrogen-bond acceptors (Lipinski definition) is 5. The number of hydrogen-bond donors (Lipinski definition) is 0. The van der Waals surface area contributed by atoms with Gasteiger partial charge in [0.15, 0.2) is 11.5 Å². The molecule has 0 bridgehead atoms. The van der Waals surface area contributed by atoms with E-state index in [0.717, 1.165) is 11.3 Å². The third kappa shape index (κ3) is 4.09. The van der Waals surface area contributed by atoms with Crippen LogP contribution in [-0.4, -0.2) is 37.9 Å². The van der Waals surface area contributed by atoms with Crippen LogP contribution in [-0.2, 0) is 11.3 Å². The normalized spacial score (nSPS) is 19.3. The molecule has 0 N–H and O–H groups in total. The van der Waals surface area contributed by atoms with Crippen LogP contribution in [0.2, 0.25) is 0 Å². The van der Waals surface area contributed by atoms with Gasteiger partial charge in [0, 0.05) is 24.8 Å². The molecule has 1 unspecified atom stereocenters. The van der Waals surface area contributed by atoms with Gasteiger partial charge in [-0.15, -0.1) is 0 Å². The maximum absolute atomic E-state index is 13.2. The lowest BCUT2D eigenvalue weighted by atomic mass is 9.82. The van der Waals surface area contributed by atoms with E-state index in [-0.39, 0.29) is 18.8 Å². The summed E-state index contributed by atoms with van der Waals surface area (Å²) in [5.41, 5.74) is 2.80. The summed E-state index contributed by atoms with van der Waals surface area (Å²) in [7, 11) is 1.80. The highest BCUT2D eigenvalue weighted by atomic mass is 16.7. The van der Waals surface area contributed by atoms with Crippen molar-refractivity contribution in [2.45, 2.75) is 44.8 Å². The quantitative estimate of drug-likeness (QED) is 0.712. The van der Waals surface area contributed by atoms with Crippen molar-refractivity contribution in [3.63, 3.8) is 0 Å². The van der Waals surface area contributed by atoms with Crippen LogP contribution in [0.4, 0.5) is 0 Å². The number of carbonyl (C=O) groups excluding carboxylic acids is 1. The van der Waals surface area contributed by atoms with Crippen molar-refractivity contribution in [3.8, 4) is 17.2 Å². The SMILES string of the molecule is COC(c1ccc2c(c1)CN(C(=O)c1ccc3c(c1)OCO3)CCO2)C1CCCCC1. The van der Waals surface area contributed by atoms with Crippen LogP contribution in [0, 0.1) is 5.92 Å². The number of ether oxygens (including phenoxy) is 4. The summed E-state index contributed by atoms with van der Waals surface area (Å²) in [5.74, 6) is 2.67. The second-order valence-corrected chi connectivity index (χ2v) is 8.56. The predicted molar refractivity (Wildman–Crippen MR) is 116 cm³/mol. The second kappa shape index (κ2) is 8.79. The number of nitrogens with zero attached hydrogens (tertiary/aromatic N) is 1. The number of carbonyl (C=O) groups is 1. The minimum absolute atomic E-state index is 0.0317. The molecule has 1 amide bonds. The first-order valence-electron chi connectivity index (χ1n) is 11.2. The number of rotatable bonds is 4. The van der Waals surface area contributed by atoms with Crippen molar-refractivity contribution in [1.82, 2.24) is 4.90 Å². The zero-order chi connectivity index (χ0) is 21.2. The first kappa shape index (κ1) is 20.2. The van der Waals surface area contributed by atoms with E-state index in [1.807, 2.05) is 11.0 Å². The Bertz CT molecular complexity index is 953. The van der Waals surface area contributed by atoms with E-state index in [1.165, 1.54) is 37.7 Å². The van der Waals surface area contributed by atoms with Crippen LogP contribution in [0.5, 0.6) is 17.2 Å². The number of fused-ring (bicyclic) bond motifs is 2. The van der Waals surface area contributed by atoms with E-state index in [1.54, 1.807) is 25.3 Å². The molecule has 5 rings (SSSR count). The summed E-state index contributed by atoms with van der Waals surface area (Å²) in [6, 6.07) is 11.7. The van der Waals surface area contributed by atoms with Gasteiger partial charge >= 0.3 is 0 Å². The van der Waals surface area contributed by atoms with Crippen molar-refractivity contribution in [2.24, 2.45) is 5.92 Å². The highest BCUT2D eigenvalue weighted by Gasteiger charge is 2.28. The van der Waals surface area contributed by atoms with Gasteiger partial charge in [0.2, 0.25) is 6.79 Å². The molecular formula is C25H29NO5. The Balaban J connectivity index is 1.38. The van der Waals surface area contributed by atoms with Crippen LogP contribution in [0.1, 0.15) is 59.7 Å². The van der Waals surface area contributed by atoms with Crippen LogP contribution in [0.25, 0.3) is 0 Å². The van der Waals surface area contributed by atoms with E-state index < -0.39 is 0 Å². The van der Waals surface area contributed by atoms with Crippen molar-refractivity contribution in [1.29, 1.82) is 0 Å². The van der Waals surface area contributed by atoms with Crippen LogP contribution >= 0.6 is 0 Å². The van der Waals surface area contributed by atoms with Gasteiger partial charge in [0.1, 0.15) is 12.4 Å². The molecule has 3 aliphatic rings. The molecule has 0 aromatic heterocycles. The number of benzene rings is 2. The molecule has 1 atom stereocenters. The molecule has 1 aliphatic carbocycles. The Morgan fingerprint density at radius 2 is 1.81 bits per heavy atom. The van der Waals surface area contributed by atoms with E-state index >= 15 is 0 Å². The molecule has 1 saturated carbocycles. The third-order valence-corrected chi connectivity index (χ3v) is 6.63. The maximum Gasteiger partial charge on any atom is 0.254 e. The molecule has 6 heteroatoms. The van der Waals surface area contributed by atoms with Crippen molar-refractivity contribution in [3.05, 3.63) is 53.1 Å². The predicted octanol–water partition coefficient (Wildman–Crippen LogP) is 4.72. The minimum Gasteiger partial charge on any atom is -0.491 e. The van der Waals surface area contributed by atoms with Gasteiger partial charge < -0.3 is 23.8 Å². The van der Waals surface area contributed by atoms with E-state index in [0.29, 0.717) is 42.7 Å². The number of methoxy groups -OCH3 is 1. The Morgan fingerprint density at radius 3 is 2.65 bits per heavy atom. The lowest BCUT2D eigenvalue weighted by molar-refractivity contribution is 0.0353. The first-order valence-corrected chi connectivity index (χ1v) is 11.2. The average molecular weight is 424 g/mol. The first-order chi connectivity index (χ1) is 15.2. The molecule has 31 heavy (non-hydrogen) atoms. The maximum atomic E-state index is 13.2. The van der Waals surface area contributed by atoms with Gasteiger partial charge in [0.05, 0.1) is 12.6 Å². The van der Waals surface area contributed by atoms with Crippen LogP contribution in [0.15, 0.2) is 36.4 Å². The molecular weight excluding hydrogens is 394 g/mol. The molecule has 6 nitrogen and oxygen atoms in total. The molecule has 2 aromatic rings. The monoisotopic (exact) mass is 423 g/mol. The highest BCUT2D eigenvalue weighted by Crippen LogP contribution is 2.38. The zero-order valence-corrected chi connectivity index (χ0v) is 18.0. The molecule has 2 aliphatic heterocycles. The molecule has 164 valence electrons. The second-order valence-electron chi connectivity index (χ2n) is 8.56. The standard InChI is InChI=1S/C25H29NO5/c1-28-24(17-5-3-2-4-6-17)18-7-9-21-20(13-18)15-26(11-12-29-21)25(27)19-8-10-22-23(14-19)31-16-30-22/h7-10,13-14,17,24H,2-6,11-12,15-16H2,1H3. The van der Waals surface area contributed by atoms with Crippen molar-refractivity contribution < 1.29 is 23.7 Å². The summed E-state index contributed by atoms with van der Waals surface area (Å²) >= 11 is 0. The Morgan fingerprint density at radius 1 is 1.00 bits per heavy atom. The lowest BCUT2D eigenvalue weighted by Gasteiger charge is -2.30. The van der Waals surface area contributed by atoms with Gasteiger partial charge in [-0.2, -0.15) is 0 Å². The fourth-order valence-electron chi connectivity index (χ4n) is 5.01. The topological polar surface area (TPSA) is 57.2 Å². The molecule has 0 radical (unpaired) electrons. The molecule has 0 saturated heterocycles. The number of amides is 1. The van der Waals surface area contributed by atoms with E-state index in [2.05, 4.69) is 12.1 Å². The van der Waals surface area contributed by atoms with Gasteiger partial charge in [0.25, 0.3) is 5.91 Å². The summed E-state index contributed by atoms with van der Waals surface area (Å²) in [6.07, 6.45) is 6.38. The molecule has 0 spiro atoms. The van der Waals surface area contributed by atoms with E-state index in [4.69, 9.17) is 18.9 Å². The Kier molecular flexibility index (Phi) is 5.72. The largest absolute Gasteiger partial charge is 0.491 e. The summed E-state index contributed by atoms with van der Waals surface area (Å²) in [5, 5.41) is 0. The molecule has 2 heterocycles. The molecule has 1 fully saturated rings. The third-order valence-electron chi connectivity index (χ3n) is 6.63. The fourth-order valence-corrected chi connectivity index (χ4v) is 5.01. The average Bonchev–Trinajstić information content (AvgIpc) is 3.18.